The van der Waals surface area contributed by atoms with E-state index in [0.29, 0.717) is 27.8 Å². The van der Waals surface area contributed by atoms with Crippen molar-refractivity contribution in [3.63, 3.8) is 0 Å². The van der Waals surface area contributed by atoms with E-state index in [2.05, 4.69) is 0 Å². The van der Waals surface area contributed by atoms with E-state index in [1.54, 1.807) is 42.5 Å². The molecule has 8 heteroatoms. The summed E-state index contributed by atoms with van der Waals surface area (Å²) in [5, 5.41) is 0.502. The average molecular weight is 515 g/mol. The molecule has 4 atom stereocenters. The fourth-order valence-corrected chi connectivity index (χ4v) is 5.99. The minimum atomic E-state index is -0.869. The van der Waals surface area contributed by atoms with Crippen LogP contribution in [-0.4, -0.2) is 42.8 Å². The third kappa shape index (κ3) is 3.45. The normalized spacial score (nSPS) is 23.5. The molecule has 7 nitrogen and oxygen atoms in total. The molecule has 0 spiro atoms. The van der Waals surface area contributed by atoms with Crippen LogP contribution in [0.4, 0.5) is 5.69 Å². The Hall–Kier alpha value is -4.10. The highest BCUT2D eigenvalue weighted by molar-refractivity contribution is 6.31. The molecule has 37 heavy (non-hydrogen) atoms. The number of hydrogen-bond donors (Lipinski definition) is 0. The summed E-state index contributed by atoms with van der Waals surface area (Å²) < 4.78 is 10.7. The van der Waals surface area contributed by atoms with Crippen LogP contribution >= 0.6 is 11.6 Å². The third-order valence-electron chi connectivity index (χ3n) is 7.48. The van der Waals surface area contributed by atoms with Crippen molar-refractivity contribution < 1.29 is 23.9 Å². The van der Waals surface area contributed by atoms with Gasteiger partial charge in [0.1, 0.15) is 6.04 Å². The number of anilines is 1. The van der Waals surface area contributed by atoms with Crippen LogP contribution in [0.1, 0.15) is 27.5 Å². The van der Waals surface area contributed by atoms with Gasteiger partial charge in [-0.25, -0.2) is 4.90 Å². The highest BCUT2D eigenvalue weighted by Gasteiger charge is 2.64. The quantitative estimate of drug-likeness (QED) is 0.361. The van der Waals surface area contributed by atoms with Gasteiger partial charge in [-0.05, 0) is 59.7 Å². The van der Waals surface area contributed by atoms with Crippen LogP contribution in [0.5, 0.6) is 11.5 Å². The van der Waals surface area contributed by atoms with Crippen molar-refractivity contribution in [1.29, 1.82) is 0 Å². The maximum atomic E-state index is 14.1. The molecular weight excluding hydrogens is 492 g/mol. The van der Waals surface area contributed by atoms with E-state index < -0.39 is 29.8 Å². The van der Waals surface area contributed by atoms with E-state index in [1.165, 1.54) is 19.1 Å². The molecule has 0 aliphatic carbocycles. The molecule has 4 unspecified atom stereocenters. The van der Waals surface area contributed by atoms with Gasteiger partial charge in [-0.15, -0.1) is 0 Å². The van der Waals surface area contributed by atoms with Crippen molar-refractivity contribution in [1.82, 2.24) is 4.90 Å². The van der Waals surface area contributed by atoms with Crippen LogP contribution in [0, 0.1) is 11.8 Å². The van der Waals surface area contributed by atoms with Gasteiger partial charge in [0, 0.05) is 16.8 Å². The SMILES string of the molecule is COc1ccc(C(=O)C2C3C(=O)N(c4ccc(Cl)cc4)C(=O)C3C3c4ccccc4C=CN23)cc1OC. The molecule has 3 aromatic rings. The highest BCUT2D eigenvalue weighted by Crippen LogP contribution is 2.53. The molecule has 0 aromatic heterocycles. The first kappa shape index (κ1) is 23.3. The Balaban J connectivity index is 1.48. The van der Waals surface area contributed by atoms with Gasteiger partial charge in [0.2, 0.25) is 11.8 Å². The van der Waals surface area contributed by atoms with Gasteiger partial charge in [0.25, 0.3) is 0 Å². The molecule has 0 N–H and O–H groups in total. The zero-order valence-electron chi connectivity index (χ0n) is 20.1. The number of ketones is 1. The topological polar surface area (TPSA) is 76.2 Å². The van der Waals surface area contributed by atoms with Crippen molar-refractivity contribution >= 4 is 41.0 Å². The number of imide groups is 1. The number of amides is 2. The lowest BCUT2D eigenvalue weighted by molar-refractivity contribution is -0.123. The maximum absolute atomic E-state index is 14.1. The van der Waals surface area contributed by atoms with E-state index in [-0.39, 0.29) is 11.7 Å². The molecule has 2 saturated heterocycles. The molecular formula is C29H23ClN2O5. The number of ether oxygens (including phenoxy) is 2. The molecule has 2 amide bonds. The Morgan fingerprint density at radius 2 is 1.57 bits per heavy atom. The highest BCUT2D eigenvalue weighted by atomic mass is 35.5. The Morgan fingerprint density at radius 3 is 2.30 bits per heavy atom. The van der Waals surface area contributed by atoms with E-state index >= 15 is 0 Å². The fourth-order valence-electron chi connectivity index (χ4n) is 5.86. The standard InChI is InChI=1S/C29H23ClN2O5/c1-36-21-12-7-17(15-22(21)37-2)27(33)26-24-23(25-20-6-4-3-5-16(20)13-14-31(25)26)28(34)32(29(24)35)19-10-8-18(30)9-11-19/h3-15,23-26H,1-2H3. The van der Waals surface area contributed by atoms with Crippen LogP contribution < -0.4 is 14.4 Å². The summed E-state index contributed by atoms with van der Waals surface area (Å²) in [6, 6.07) is 18.0. The number of rotatable bonds is 5. The average Bonchev–Trinajstić information content (AvgIpc) is 3.40. The van der Waals surface area contributed by atoms with Crippen molar-refractivity contribution in [2.75, 3.05) is 19.1 Å². The van der Waals surface area contributed by atoms with Crippen LogP contribution in [-0.2, 0) is 9.59 Å². The number of methoxy groups -OCH3 is 2. The summed E-state index contributed by atoms with van der Waals surface area (Å²) >= 11 is 6.05. The molecule has 3 aliphatic rings. The number of fused-ring (bicyclic) bond motifs is 5. The first-order valence-corrected chi connectivity index (χ1v) is 12.3. The van der Waals surface area contributed by atoms with Crippen molar-refractivity contribution in [3.05, 3.63) is 94.6 Å². The summed E-state index contributed by atoms with van der Waals surface area (Å²) in [5.74, 6) is -1.64. The second-order valence-corrected chi connectivity index (χ2v) is 9.69. The van der Waals surface area contributed by atoms with Gasteiger partial charge >= 0.3 is 0 Å². The summed E-state index contributed by atoms with van der Waals surface area (Å²) in [4.78, 5) is 45.0. The number of benzene rings is 3. The van der Waals surface area contributed by atoms with Gasteiger partial charge in [-0.2, -0.15) is 0 Å². The Labute approximate surface area is 218 Å². The zero-order valence-corrected chi connectivity index (χ0v) is 20.9. The van der Waals surface area contributed by atoms with E-state index in [9.17, 15) is 14.4 Å². The predicted octanol–water partition coefficient (Wildman–Crippen LogP) is 4.76. The zero-order chi connectivity index (χ0) is 25.8. The van der Waals surface area contributed by atoms with Gasteiger partial charge in [0.15, 0.2) is 17.3 Å². The van der Waals surface area contributed by atoms with Gasteiger partial charge in [-0.1, -0.05) is 35.9 Å². The molecule has 6 rings (SSSR count). The van der Waals surface area contributed by atoms with Gasteiger partial charge in [0.05, 0.1) is 37.8 Å². The summed E-state index contributed by atoms with van der Waals surface area (Å²) in [6.45, 7) is 0. The lowest BCUT2D eigenvalue weighted by Crippen LogP contribution is -2.44. The summed E-state index contributed by atoms with van der Waals surface area (Å²) in [5.41, 5.74) is 2.70. The van der Waals surface area contributed by atoms with Gasteiger partial charge in [-0.3, -0.25) is 14.4 Å². The Kier molecular flexibility index (Phi) is 5.53. The molecule has 3 aromatic carbocycles. The predicted molar refractivity (Wildman–Crippen MR) is 139 cm³/mol. The number of nitrogens with zero attached hydrogens (tertiary/aromatic N) is 2. The van der Waals surface area contributed by atoms with E-state index in [4.69, 9.17) is 21.1 Å². The molecule has 0 radical (unpaired) electrons. The first-order chi connectivity index (χ1) is 17.9. The summed E-state index contributed by atoms with van der Waals surface area (Å²) in [7, 11) is 3.02. The number of halogens is 1. The molecule has 0 saturated carbocycles. The Bertz CT molecular complexity index is 1470. The number of Topliss-reactive ketones (excluding diaryl/α,β-unsaturated/α-hetero) is 1. The number of carbonyl (C=O) groups is 3. The Morgan fingerprint density at radius 1 is 0.865 bits per heavy atom. The molecule has 2 fully saturated rings. The second-order valence-electron chi connectivity index (χ2n) is 9.26. The fraction of sp³-hybridized carbons (Fsp3) is 0.207. The molecule has 3 heterocycles. The minimum absolute atomic E-state index is 0.262. The third-order valence-corrected chi connectivity index (χ3v) is 7.74. The first-order valence-electron chi connectivity index (χ1n) is 11.9. The minimum Gasteiger partial charge on any atom is -0.493 e. The smallest absolute Gasteiger partial charge is 0.240 e. The molecule has 3 aliphatic heterocycles. The lowest BCUT2D eigenvalue weighted by atomic mass is 9.83. The molecule has 0 bridgehead atoms. The lowest BCUT2D eigenvalue weighted by Gasteiger charge is -2.35. The van der Waals surface area contributed by atoms with Crippen LogP contribution in [0.25, 0.3) is 6.08 Å². The number of carbonyl (C=O) groups excluding carboxylic acids is 3. The van der Waals surface area contributed by atoms with Crippen LogP contribution in [0.2, 0.25) is 5.02 Å². The van der Waals surface area contributed by atoms with Crippen molar-refractivity contribution in [2.45, 2.75) is 12.1 Å². The van der Waals surface area contributed by atoms with Crippen LogP contribution in [0.15, 0.2) is 72.9 Å². The van der Waals surface area contributed by atoms with E-state index in [1.807, 2.05) is 41.4 Å². The van der Waals surface area contributed by atoms with E-state index in [0.717, 1.165) is 11.1 Å². The van der Waals surface area contributed by atoms with Crippen molar-refractivity contribution in [2.24, 2.45) is 11.8 Å². The monoisotopic (exact) mass is 514 g/mol. The maximum Gasteiger partial charge on any atom is 0.240 e. The van der Waals surface area contributed by atoms with Gasteiger partial charge < -0.3 is 14.4 Å². The number of hydrogen-bond acceptors (Lipinski definition) is 6. The largest absolute Gasteiger partial charge is 0.493 e. The van der Waals surface area contributed by atoms with Crippen molar-refractivity contribution in [3.8, 4) is 11.5 Å². The second kappa shape index (κ2) is 8.78. The molecule has 186 valence electrons. The van der Waals surface area contributed by atoms with Crippen LogP contribution in [0.3, 0.4) is 0 Å². The summed E-state index contributed by atoms with van der Waals surface area (Å²) in [6.07, 6.45) is 3.76.